The van der Waals surface area contributed by atoms with Crippen molar-refractivity contribution in [3.8, 4) is 0 Å². The van der Waals surface area contributed by atoms with Crippen LogP contribution in [0.25, 0.3) is 0 Å². The van der Waals surface area contributed by atoms with Gasteiger partial charge in [0.25, 0.3) is 0 Å². The molecule has 124 valence electrons. The quantitative estimate of drug-likeness (QED) is 0.845. The lowest BCUT2D eigenvalue weighted by atomic mass is 9.79. The molecule has 2 saturated carbocycles. The molecular formula is C18H23FN2O2. The van der Waals surface area contributed by atoms with Gasteiger partial charge in [0.05, 0.1) is 6.54 Å². The number of hydrogen-bond acceptors (Lipinski definition) is 2. The Morgan fingerprint density at radius 1 is 1.09 bits per heavy atom. The monoisotopic (exact) mass is 318 g/mol. The predicted octanol–water partition coefficient (Wildman–Crippen LogP) is 2.28. The minimum atomic E-state index is -0.242. The molecule has 3 rings (SSSR count). The van der Waals surface area contributed by atoms with Crippen LogP contribution in [-0.4, -0.2) is 24.9 Å². The van der Waals surface area contributed by atoms with Gasteiger partial charge in [0.15, 0.2) is 0 Å². The van der Waals surface area contributed by atoms with Gasteiger partial charge >= 0.3 is 0 Å². The van der Waals surface area contributed by atoms with Crippen molar-refractivity contribution >= 4 is 11.8 Å². The molecule has 0 aromatic heterocycles. The Balaban J connectivity index is 1.55. The van der Waals surface area contributed by atoms with Crippen LogP contribution in [0.2, 0.25) is 0 Å². The Hall–Kier alpha value is -1.91. The third-order valence-corrected chi connectivity index (χ3v) is 5.01. The average molecular weight is 318 g/mol. The lowest BCUT2D eigenvalue weighted by molar-refractivity contribution is -0.126. The van der Waals surface area contributed by atoms with E-state index in [0.717, 1.165) is 44.1 Å². The van der Waals surface area contributed by atoms with Crippen molar-refractivity contribution in [2.24, 2.45) is 5.92 Å². The zero-order chi connectivity index (χ0) is 16.3. The standard InChI is InChI=1S/C18H23FN2O2/c19-15-7-5-14(6-8-15)18(9-1-2-10-18)12-21-16(22)11-20-17(23)13-3-4-13/h5-8,13H,1-4,9-12H2,(H,20,23)(H,21,22). The van der Waals surface area contributed by atoms with Crippen LogP contribution in [-0.2, 0) is 15.0 Å². The number of carbonyl (C=O) groups is 2. The van der Waals surface area contributed by atoms with E-state index in [1.807, 2.05) is 12.1 Å². The fraction of sp³-hybridized carbons (Fsp3) is 0.556. The predicted molar refractivity (Wildman–Crippen MR) is 85.3 cm³/mol. The second-order valence-electron chi connectivity index (χ2n) is 6.76. The summed E-state index contributed by atoms with van der Waals surface area (Å²) in [6, 6.07) is 6.60. The largest absolute Gasteiger partial charge is 0.354 e. The van der Waals surface area contributed by atoms with Gasteiger partial charge in [-0.3, -0.25) is 9.59 Å². The van der Waals surface area contributed by atoms with Gasteiger partial charge in [-0.15, -0.1) is 0 Å². The maximum absolute atomic E-state index is 13.1. The van der Waals surface area contributed by atoms with E-state index < -0.39 is 0 Å². The van der Waals surface area contributed by atoms with Crippen molar-refractivity contribution in [1.29, 1.82) is 0 Å². The van der Waals surface area contributed by atoms with Crippen LogP contribution in [0.15, 0.2) is 24.3 Å². The molecule has 2 amide bonds. The first-order chi connectivity index (χ1) is 11.1. The van der Waals surface area contributed by atoms with Crippen molar-refractivity contribution in [2.45, 2.75) is 43.9 Å². The molecule has 2 aliphatic carbocycles. The molecule has 0 saturated heterocycles. The van der Waals surface area contributed by atoms with Gasteiger partial charge in [-0.05, 0) is 43.4 Å². The van der Waals surface area contributed by atoms with Gasteiger partial charge in [0, 0.05) is 17.9 Å². The van der Waals surface area contributed by atoms with E-state index in [1.165, 1.54) is 12.1 Å². The molecule has 2 fully saturated rings. The van der Waals surface area contributed by atoms with Gasteiger partial charge in [-0.25, -0.2) is 4.39 Å². The molecule has 0 radical (unpaired) electrons. The third kappa shape index (κ3) is 3.89. The highest BCUT2D eigenvalue weighted by atomic mass is 19.1. The van der Waals surface area contributed by atoms with Crippen molar-refractivity contribution in [2.75, 3.05) is 13.1 Å². The topological polar surface area (TPSA) is 58.2 Å². The molecule has 0 unspecified atom stereocenters. The molecule has 1 aromatic carbocycles. The summed E-state index contributed by atoms with van der Waals surface area (Å²) in [7, 11) is 0. The highest BCUT2D eigenvalue weighted by Crippen LogP contribution is 2.40. The SMILES string of the molecule is O=C(CNC(=O)C1CC1)NCC1(c2ccc(F)cc2)CCCC1. The molecule has 2 N–H and O–H groups in total. The lowest BCUT2D eigenvalue weighted by Gasteiger charge is -2.30. The fourth-order valence-corrected chi connectivity index (χ4v) is 3.41. The van der Waals surface area contributed by atoms with Gasteiger partial charge in [-0.2, -0.15) is 0 Å². The molecule has 23 heavy (non-hydrogen) atoms. The normalized spacial score (nSPS) is 19.3. The molecule has 0 atom stereocenters. The van der Waals surface area contributed by atoms with Crippen LogP contribution < -0.4 is 10.6 Å². The summed E-state index contributed by atoms with van der Waals surface area (Å²) in [5.41, 5.74) is 0.975. The van der Waals surface area contributed by atoms with Gasteiger partial charge in [0.2, 0.25) is 11.8 Å². The van der Waals surface area contributed by atoms with Gasteiger partial charge in [-0.1, -0.05) is 25.0 Å². The number of rotatable bonds is 6. The Bertz CT molecular complexity index is 575. The summed E-state index contributed by atoms with van der Waals surface area (Å²) >= 11 is 0. The smallest absolute Gasteiger partial charge is 0.239 e. The number of halogens is 1. The third-order valence-electron chi connectivity index (χ3n) is 5.01. The Labute approximate surface area is 135 Å². The summed E-state index contributed by atoms with van der Waals surface area (Å²) in [6.45, 7) is 0.575. The lowest BCUT2D eigenvalue weighted by Crippen LogP contribution is -2.43. The van der Waals surface area contributed by atoms with E-state index in [2.05, 4.69) is 10.6 Å². The minimum Gasteiger partial charge on any atom is -0.354 e. The Morgan fingerprint density at radius 2 is 1.74 bits per heavy atom. The van der Waals surface area contributed by atoms with Gasteiger partial charge < -0.3 is 10.6 Å². The molecule has 0 aliphatic heterocycles. The number of nitrogens with one attached hydrogen (secondary N) is 2. The molecule has 0 bridgehead atoms. The van der Waals surface area contributed by atoms with Crippen LogP contribution >= 0.6 is 0 Å². The summed E-state index contributed by atoms with van der Waals surface area (Å²) in [6.07, 6.45) is 6.08. The van der Waals surface area contributed by atoms with E-state index in [4.69, 9.17) is 0 Å². The highest BCUT2D eigenvalue weighted by molar-refractivity contribution is 5.86. The molecule has 0 spiro atoms. The van der Waals surface area contributed by atoms with Crippen LogP contribution in [0.4, 0.5) is 4.39 Å². The first-order valence-corrected chi connectivity index (χ1v) is 8.40. The summed E-state index contributed by atoms with van der Waals surface area (Å²) < 4.78 is 13.1. The first-order valence-electron chi connectivity index (χ1n) is 8.40. The Morgan fingerprint density at radius 3 is 2.35 bits per heavy atom. The summed E-state index contributed by atoms with van der Waals surface area (Å²) in [4.78, 5) is 23.5. The molecule has 2 aliphatic rings. The van der Waals surface area contributed by atoms with E-state index in [9.17, 15) is 14.0 Å². The highest BCUT2D eigenvalue weighted by Gasteiger charge is 2.36. The summed E-state index contributed by atoms with van der Waals surface area (Å²) in [5, 5.41) is 5.62. The maximum atomic E-state index is 13.1. The van der Waals surface area contributed by atoms with E-state index in [1.54, 1.807) is 0 Å². The van der Waals surface area contributed by atoms with E-state index in [0.29, 0.717) is 6.54 Å². The van der Waals surface area contributed by atoms with Gasteiger partial charge in [0.1, 0.15) is 5.82 Å². The van der Waals surface area contributed by atoms with E-state index >= 15 is 0 Å². The molecule has 1 aromatic rings. The van der Waals surface area contributed by atoms with Crippen LogP contribution in [0.5, 0.6) is 0 Å². The van der Waals surface area contributed by atoms with Crippen molar-refractivity contribution in [1.82, 2.24) is 10.6 Å². The van der Waals surface area contributed by atoms with Crippen LogP contribution in [0.1, 0.15) is 44.1 Å². The van der Waals surface area contributed by atoms with Crippen molar-refractivity contribution in [3.63, 3.8) is 0 Å². The molecular weight excluding hydrogens is 295 g/mol. The second kappa shape index (κ2) is 6.69. The molecule has 4 nitrogen and oxygen atoms in total. The van der Waals surface area contributed by atoms with Crippen LogP contribution in [0.3, 0.4) is 0 Å². The number of hydrogen-bond donors (Lipinski definition) is 2. The van der Waals surface area contributed by atoms with Crippen LogP contribution in [0, 0.1) is 11.7 Å². The zero-order valence-electron chi connectivity index (χ0n) is 13.2. The molecule has 0 heterocycles. The second-order valence-corrected chi connectivity index (χ2v) is 6.76. The number of benzene rings is 1. The molecule has 5 heteroatoms. The van der Waals surface area contributed by atoms with E-state index in [-0.39, 0.29) is 35.5 Å². The Kier molecular flexibility index (Phi) is 4.64. The first kappa shape index (κ1) is 16.0. The fourth-order valence-electron chi connectivity index (χ4n) is 3.41. The minimum absolute atomic E-state index is 0.0192. The zero-order valence-corrected chi connectivity index (χ0v) is 13.2. The summed E-state index contributed by atoms with van der Waals surface area (Å²) in [5.74, 6) is -0.307. The van der Waals surface area contributed by atoms with Crippen molar-refractivity contribution < 1.29 is 14.0 Å². The number of carbonyl (C=O) groups excluding carboxylic acids is 2. The average Bonchev–Trinajstić information content (AvgIpc) is 3.30. The number of amides is 2. The maximum Gasteiger partial charge on any atom is 0.239 e. The van der Waals surface area contributed by atoms with Crippen molar-refractivity contribution in [3.05, 3.63) is 35.6 Å².